The van der Waals surface area contributed by atoms with Crippen LogP contribution < -0.4 is 15.0 Å². The van der Waals surface area contributed by atoms with E-state index in [0.29, 0.717) is 36.8 Å². The number of amides is 1. The molecule has 3 heterocycles. The van der Waals surface area contributed by atoms with Crippen molar-refractivity contribution in [3.63, 3.8) is 0 Å². The zero-order chi connectivity index (χ0) is 20.6. The van der Waals surface area contributed by atoms with Crippen LogP contribution in [0, 0.1) is 0 Å². The summed E-state index contributed by atoms with van der Waals surface area (Å²) < 4.78 is 43.2. The Bertz CT molecular complexity index is 1030. The van der Waals surface area contributed by atoms with E-state index in [2.05, 4.69) is 15.3 Å². The molecule has 0 bridgehead atoms. The van der Waals surface area contributed by atoms with Gasteiger partial charge in [0, 0.05) is 42.3 Å². The summed E-state index contributed by atoms with van der Waals surface area (Å²) in [5, 5.41) is 3.87. The Labute approximate surface area is 164 Å². The van der Waals surface area contributed by atoms with Gasteiger partial charge in [-0.2, -0.15) is 13.2 Å². The van der Waals surface area contributed by atoms with E-state index in [-0.39, 0.29) is 11.9 Å². The molecule has 1 saturated heterocycles. The van der Waals surface area contributed by atoms with Crippen LogP contribution in [0.2, 0.25) is 0 Å². The quantitative estimate of drug-likeness (QED) is 0.697. The number of rotatable bonds is 4. The van der Waals surface area contributed by atoms with E-state index >= 15 is 0 Å². The summed E-state index contributed by atoms with van der Waals surface area (Å²) in [6.45, 7) is 1.09. The number of ether oxygens (including phenoxy) is 1. The molecule has 1 amide bonds. The molecule has 0 aliphatic carbocycles. The van der Waals surface area contributed by atoms with Crippen molar-refractivity contribution >= 4 is 22.6 Å². The van der Waals surface area contributed by atoms with Crippen LogP contribution in [0.5, 0.6) is 5.75 Å². The average Bonchev–Trinajstić information content (AvgIpc) is 3.33. The number of carbonyl (C=O) groups excluding carboxylic acids is 1. The number of aromatic amines is 1. The molecule has 152 valence electrons. The van der Waals surface area contributed by atoms with Crippen LogP contribution in [-0.2, 0) is 6.18 Å². The minimum absolute atomic E-state index is 0.118. The maximum absolute atomic E-state index is 12.7. The number of methoxy groups -OCH3 is 1. The topological polar surface area (TPSA) is 70.2 Å². The van der Waals surface area contributed by atoms with Gasteiger partial charge in [0.15, 0.2) is 0 Å². The van der Waals surface area contributed by atoms with Gasteiger partial charge >= 0.3 is 6.18 Å². The van der Waals surface area contributed by atoms with E-state index in [1.807, 2.05) is 23.1 Å². The molecule has 0 radical (unpaired) electrons. The average molecular weight is 404 g/mol. The summed E-state index contributed by atoms with van der Waals surface area (Å²) in [5.74, 6) is 0.932. The molecule has 1 aliphatic heterocycles. The van der Waals surface area contributed by atoms with Crippen LogP contribution in [0.1, 0.15) is 22.5 Å². The molecule has 1 fully saturated rings. The highest BCUT2D eigenvalue weighted by Crippen LogP contribution is 2.30. The molecule has 0 spiro atoms. The van der Waals surface area contributed by atoms with Crippen LogP contribution >= 0.6 is 0 Å². The summed E-state index contributed by atoms with van der Waals surface area (Å²) in [6.07, 6.45) is -2.89. The lowest BCUT2D eigenvalue weighted by Crippen LogP contribution is -2.37. The Morgan fingerprint density at radius 2 is 2.10 bits per heavy atom. The fourth-order valence-corrected chi connectivity index (χ4v) is 3.45. The molecule has 1 aromatic carbocycles. The highest BCUT2D eigenvalue weighted by atomic mass is 19.4. The van der Waals surface area contributed by atoms with E-state index in [9.17, 15) is 18.0 Å². The Kier molecular flexibility index (Phi) is 4.81. The number of hydrogen-bond donors (Lipinski definition) is 2. The lowest BCUT2D eigenvalue weighted by Gasteiger charge is -2.18. The third kappa shape index (κ3) is 3.98. The van der Waals surface area contributed by atoms with Crippen molar-refractivity contribution in [2.75, 3.05) is 25.1 Å². The monoisotopic (exact) mass is 404 g/mol. The fourth-order valence-electron chi connectivity index (χ4n) is 3.45. The van der Waals surface area contributed by atoms with E-state index in [4.69, 9.17) is 4.74 Å². The second-order valence-electron chi connectivity index (χ2n) is 6.94. The zero-order valence-corrected chi connectivity index (χ0v) is 15.6. The maximum atomic E-state index is 12.7. The lowest BCUT2D eigenvalue weighted by molar-refractivity contribution is -0.137. The number of alkyl halides is 3. The standard InChI is InChI=1S/C20H19F3N4O2/c1-29-15-4-2-12-8-17(26-16(12)9-15)19(28)25-14-6-7-27(11-14)18-5-3-13(10-24-18)20(21,22)23/h2-5,8-10,14,26H,6-7,11H2,1H3,(H,25,28). The number of carbonyl (C=O) groups is 1. The minimum Gasteiger partial charge on any atom is -0.497 e. The zero-order valence-electron chi connectivity index (χ0n) is 15.6. The Balaban J connectivity index is 1.40. The highest BCUT2D eigenvalue weighted by Gasteiger charge is 2.31. The van der Waals surface area contributed by atoms with Crippen LogP contribution in [0.25, 0.3) is 10.9 Å². The number of nitrogens with zero attached hydrogens (tertiary/aromatic N) is 2. The van der Waals surface area contributed by atoms with Gasteiger partial charge in [-0.25, -0.2) is 4.98 Å². The summed E-state index contributed by atoms with van der Waals surface area (Å²) in [4.78, 5) is 21.5. The number of pyridine rings is 1. The number of fused-ring (bicyclic) bond motifs is 1. The lowest BCUT2D eigenvalue weighted by atomic mass is 10.2. The first-order valence-electron chi connectivity index (χ1n) is 9.09. The number of anilines is 1. The molecule has 3 aromatic rings. The first-order valence-corrected chi connectivity index (χ1v) is 9.09. The normalized spacial score (nSPS) is 17.0. The van der Waals surface area contributed by atoms with Crippen molar-refractivity contribution in [2.45, 2.75) is 18.6 Å². The summed E-state index contributed by atoms with van der Waals surface area (Å²) in [5.41, 5.74) is 0.469. The van der Waals surface area contributed by atoms with E-state index in [0.717, 1.165) is 23.2 Å². The van der Waals surface area contributed by atoms with Crippen molar-refractivity contribution in [3.05, 3.63) is 53.9 Å². The van der Waals surface area contributed by atoms with Crippen molar-refractivity contribution < 1.29 is 22.7 Å². The van der Waals surface area contributed by atoms with Crippen molar-refractivity contribution in [2.24, 2.45) is 0 Å². The molecular weight excluding hydrogens is 385 g/mol. The van der Waals surface area contributed by atoms with E-state index in [1.54, 1.807) is 13.2 Å². The molecule has 0 saturated carbocycles. The molecule has 1 unspecified atom stereocenters. The second-order valence-corrected chi connectivity index (χ2v) is 6.94. The van der Waals surface area contributed by atoms with Gasteiger partial charge in [-0.05, 0) is 36.8 Å². The Morgan fingerprint density at radius 1 is 1.28 bits per heavy atom. The molecule has 2 N–H and O–H groups in total. The maximum Gasteiger partial charge on any atom is 0.417 e. The predicted octanol–water partition coefficient (Wildman–Crippen LogP) is 3.60. The number of hydrogen-bond acceptors (Lipinski definition) is 4. The number of nitrogens with one attached hydrogen (secondary N) is 2. The molecule has 9 heteroatoms. The van der Waals surface area contributed by atoms with Gasteiger partial charge in [0.05, 0.1) is 12.7 Å². The van der Waals surface area contributed by atoms with Crippen LogP contribution in [-0.4, -0.2) is 42.1 Å². The van der Waals surface area contributed by atoms with Crippen molar-refractivity contribution in [1.82, 2.24) is 15.3 Å². The summed E-state index contributed by atoms with van der Waals surface area (Å²) in [6, 6.07) is 9.55. The first kappa shape index (κ1) is 19.1. The molecule has 29 heavy (non-hydrogen) atoms. The van der Waals surface area contributed by atoms with Gasteiger partial charge in [-0.1, -0.05) is 0 Å². The van der Waals surface area contributed by atoms with Crippen LogP contribution in [0.3, 0.4) is 0 Å². The SMILES string of the molecule is COc1ccc2cc(C(=O)NC3CCN(c4ccc(C(F)(F)F)cn4)C3)[nH]c2c1. The number of benzene rings is 1. The number of aromatic nitrogens is 2. The third-order valence-corrected chi connectivity index (χ3v) is 5.00. The Hall–Kier alpha value is -3.23. The number of H-pyrrole nitrogens is 1. The molecule has 6 nitrogen and oxygen atoms in total. The fraction of sp³-hybridized carbons (Fsp3) is 0.300. The summed E-state index contributed by atoms with van der Waals surface area (Å²) >= 11 is 0. The molecule has 2 aromatic heterocycles. The van der Waals surface area contributed by atoms with Crippen LogP contribution in [0.4, 0.5) is 19.0 Å². The molecule has 1 aliphatic rings. The largest absolute Gasteiger partial charge is 0.497 e. The Morgan fingerprint density at radius 3 is 2.79 bits per heavy atom. The van der Waals surface area contributed by atoms with E-state index < -0.39 is 11.7 Å². The van der Waals surface area contributed by atoms with Crippen molar-refractivity contribution in [1.29, 1.82) is 0 Å². The van der Waals surface area contributed by atoms with E-state index in [1.165, 1.54) is 6.07 Å². The van der Waals surface area contributed by atoms with Gasteiger partial charge in [0.1, 0.15) is 17.3 Å². The highest BCUT2D eigenvalue weighted by molar-refractivity contribution is 5.98. The van der Waals surface area contributed by atoms with Gasteiger partial charge in [0.25, 0.3) is 5.91 Å². The minimum atomic E-state index is -4.41. The smallest absolute Gasteiger partial charge is 0.417 e. The third-order valence-electron chi connectivity index (χ3n) is 5.00. The number of halogens is 3. The van der Waals surface area contributed by atoms with Gasteiger partial charge in [-0.3, -0.25) is 4.79 Å². The predicted molar refractivity (Wildman–Crippen MR) is 102 cm³/mol. The summed E-state index contributed by atoms with van der Waals surface area (Å²) in [7, 11) is 1.58. The first-order chi connectivity index (χ1) is 13.8. The van der Waals surface area contributed by atoms with Crippen molar-refractivity contribution in [3.8, 4) is 5.75 Å². The van der Waals surface area contributed by atoms with Crippen LogP contribution in [0.15, 0.2) is 42.6 Å². The second kappa shape index (κ2) is 7.31. The van der Waals surface area contributed by atoms with Gasteiger partial charge in [0.2, 0.25) is 0 Å². The molecular formula is C20H19F3N4O2. The van der Waals surface area contributed by atoms with Gasteiger partial charge in [-0.15, -0.1) is 0 Å². The van der Waals surface area contributed by atoms with Gasteiger partial charge < -0.3 is 19.9 Å². The molecule has 4 rings (SSSR count). The molecule has 1 atom stereocenters.